The summed E-state index contributed by atoms with van der Waals surface area (Å²) in [6.07, 6.45) is 6.05. The van der Waals surface area contributed by atoms with Crippen molar-refractivity contribution in [3.8, 4) is 0 Å². The molecule has 2 aliphatic carbocycles. The van der Waals surface area contributed by atoms with Crippen LogP contribution in [0.4, 0.5) is 4.39 Å². The van der Waals surface area contributed by atoms with Crippen molar-refractivity contribution in [2.24, 2.45) is 0 Å². The van der Waals surface area contributed by atoms with E-state index in [-0.39, 0.29) is 5.82 Å². The largest absolute Gasteiger partial charge is 0.305 e. The van der Waals surface area contributed by atoms with Gasteiger partial charge in [-0.1, -0.05) is 6.07 Å². The van der Waals surface area contributed by atoms with Gasteiger partial charge in [-0.05, 0) is 62.3 Å². The first-order valence-electron chi connectivity index (χ1n) is 6.22. The molecule has 0 saturated heterocycles. The smallest absolute Gasteiger partial charge is 0.123 e. The number of hydrogen-bond donors (Lipinski definition) is 1. The number of rotatable bonds is 2. The van der Waals surface area contributed by atoms with Crippen LogP contribution in [0.15, 0.2) is 18.2 Å². The minimum absolute atomic E-state index is 0.105. The highest BCUT2D eigenvalue weighted by Gasteiger charge is 2.35. The topological polar surface area (TPSA) is 12.0 Å². The molecule has 0 radical (unpaired) electrons. The summed E-state index contributed by atoms with van der Waals surface area (Å²) in [7, 11) is 0. The number of benzene rings is 1. The number of hydrogen-bond acceptors (Lipinski definition) is 1. The van der Waals surface area contributed by atoms with Crippen LogP contribution in [0.5, 0.6) is 0 Å². The lowest BCUT2D eigenvalue weighted by Crippen LogP contribution is -2.49. The Morgan fingerprint density at radius 3 is 2.88 bits per heavy atom. The van der Waals surface area contributed by atoms with E-state index in [1.165, 1.54) is 30.4 Å². The van der Waals surface area contributed by atoms with Gasteiger partial charge in [0.25, 0.3) is 0 Å². The fourth-order valence-corrected chi connectivity index (χ4v) is 3.00. The minimum Gasteiger partial charge on any atom is -0.305 e. The maximum Gasteiger partial charge on any atom is 0.123 e. The molecule has 1 saturated carbocycles. The van der Waals surface area contributed by atoms with Gasteiger partial charge in [-0.25, -0.2) is 4.39 Å². The molecule has 1 aromatic rings. The Bertz CT molecular complexity index is 409. The van der Waals surface area contributed by atoms with Crippen LogP contribution in [0.3, 0.4) is 0 Å². The van der Waals surface area contributed by atoms with Crippen LogP contribution < -0.4 is 5.32 Å². The van der Waals surface area contributed by atoms with Crippen molar-refractivity contribution in [2.45, 2.75) is 50.6 Å². The molecule has 1 unspecified atom stereocenters. The zero-order valence-corrected chi connectivity index (χ0v) is 9.72. The first-order chi connectivity index (χ1) is 7.66. The fourth-order valence-electron chi connectivity index (χ4n) is 3.00. The lowest BCUT2D eigenvalue weighted by Gasteiger charge is -2.42. The van der Waals surface area contributed by atoms with E-state index in [9.17, 15) is 4.39 Å². The van der Waals surface area contributed by atoms with Crippen molar-refractivity contribution in [1.82, 2.24) is 5.32 Å². The SMILES string of the molecule is CC1(NC2CCc3ccc(F)cc32)CCC1. The van der Waals surface area contributed by atoms with Crippen molar-refractivity contribution in [1.29, 1.82) is 0 Å². The Labute approximate surface area is 96.1 Å². The van der Waals surface area contributed by atoms with Crippen molar-refractivity contribution in [3.05, 3.63) is 35.1 Å². The minimum atomic E-state index is -0.105. The highest BCUT2D eigenvalue weighted by molar-refractivity contribution is 5.35. The van der Waals surface area contributed by atoms with E-state index in [0.717, 1.165) is 12.8 Å². The summed E-state index contributed by atoms with van der Waals surface area (Å²) in [5, 5.41) is 3.71. The molecule has 1 atom stereocenters. The molecule has 1 N–H and O–H groups in total. The van der Waals surface area contributed by atoms with E-state index in [1.54, 1.807) is 12.1 Å². The van der Waals surface area contributed by atoms with Gasteiger partial charge in [-0.15, -0.1) is 0 Å². The second-order valence-electron chi connectivity index (χ2n) is 5.49. The lowest BCUT2D eigenvalue weighted by molar-refractivity contribution is 0.185. The van der Waals surface area contributed by atoms with E-state index in [1.807, 2.05) is 6.07 Å². The second kappa shape index (κ2) is 3.56. The molecule has 2 aliphatic rings. The summed E-state index contributed by atoms with van der Waals surface area (Å²) in [5.74, 6) is -0.105. The highest BCUT2D eigenvalue weighted by atomic mass is 19.1. The summed E-state index contributed by atoms with van der Waals surface area (Å²) in [4.78, 5) is 0. The van der Waals surface area contributed by atoms with Gasteiger partial charge in [0.05, 0.1) is 0 Å². The molecule has 1 aromatic carbocycles. The zero-order valence-electron chi connectivity index (χ0n) is 9.72. The van der Waals surface area contributed by atoms with Crippen LogP contribution in [0.2, 0.25) is 0 Å². The Hall–Kier alpha value is -0.890. The molecule has 86 valence electrons. The van der Waals surface area contributed by atoms with Crippen LogP contribution in [0.25, 0.3) is 0 Å². The third-order valence-corrected chi connectivity index (χ3v) is 4.17. The van der Waals surface area contributed by atoms with Gasteiger partial charge in [0, 0.05) is 11.6 Å². The molecule has 0 aliphatic heterocycles. The number of nitrogens with one attached hydrogen (secondary N) is 1. The Morgan fingerprint density at radius 1 is 1.38 bits per heavy atom. The number of halogens is 1. The van der Waals surface area contributed by atoms with E-state index < -0.39 is 0 Å². The first-order valence-corrected chi connectivity index (χ1v) is 6.22. The number of aryl methyl sites for hydroxylation is 1. The quantitative estimate of drug-likeness (QED) is 0.804. The molecular formula is C14H18FN. The lowest BCUT2D eigenvalue weighted by atomic mass is 9.78. The summed E-state index contributed by atoms with van der Waals surface area (Å²) in [6.45, 7) is 2.29. The summed E-state index contributed by atoms with van der Waals surface area (Å²) < 4.78 is 13.2. The van der Waals surface area contributed by atoms with Gasteiger partial charge < -0.3 is 5.32 Å². The Kier molecular flexibility index (Phi) is 2.28. The maximum atomic E-state index is 13.2. The maximum absolute atomic E-state index is 13.2. The van der Waals surface area contributed by atoms with Crippen LogP contribution in [0.1, 0.15) is 49.8 Å². The second-order valence-corrected chi connectivity index (χ2v) is 5.49. The molecule has 0 aromatic heterocycles. The summed E-state index contributed by atoms with van der Waals surface area (Å²) >= 11 is 0. The van der Waals surface area contributed by atoms with Crippen LogP contribution in [0, 0.1) is 5.82 Å². The van der Waals surface area contributed by atoms with Gasteiger partial charge in [0.15, 0.2) is 0 Å². The Morgan fingerprint density at radius 2 is 2.19 bits per heavy atom. The highest BCUT2D eigenvalue weighted by Crippen LogP contribution is 2.38. The van der Waals surface area contributed by atoms with Crippen molar-refractivity contribution >= 4 is 0 Å². The normalized spacial score (nSPS) is 26.2. The summed E-state index contributed by atoms with van der Waals surface area (Å²) in [6, 6.07) is 5.60. The molecule has 3 rings (SSSR count). The molecule has 2 heteroatoms. The fraction of sp³-hybridized carbons (Fsp3) is 0.571. The third-order valence-electron chi connectivity index (χ3n) is 4.17. The van der Waals surface area contributed by atoms with E-state index in [0.29, 0.717) is 11.6 Å². The van der Waals surface area contributed by atoms with E-state index >= 15 is 0 Å². The van der Waals surface area contributed by atoms with Gasteiger partial charge in [-0.3, -0.25) is 0 Å². The molecule has 16 heavy (non-hydrogen) atoms. The van der Waals surface area contributed by atoms with Crippen molar-refractivity contribution < 1.29 is 4.39 Å². The average molecular weight is 219 g/mol. The molecule has 0 bridgehead atoms. The van der Waals surface area contributed by atoms with E-state index in [4.69, 9.17) is 0 Å². The van der Waals surface area contributed by atoms with Crippen LogP contribution in [-0.2, 0) is 6.42 Å². The van der Waals surface area contributed by atoms with Gasteiger partial charge >= 0.3 is 0 Å². The average Bonchev–Trinajstić information content (AvgIpc) is 2.59. The molecule has 0 spiro atoms. The molecule has 1 nitrogen and oxygen atoms in total. The number of fused-ring (bicyclic) bond motifs is 1. The standard InChI is InChI=1S/C14H18FN/c1-14(7-2-8-14)16-13-6-4-10-3-5-11(15)9-12(10)13/h3,5,9,13,16H,2,4,6-8H2,1H3. The third kappa shape index (κ3) is 1.65. The van der Waals surface area contributed by atoms with Crippen LogP contribution in [-0.4, -0.2) is 5.54 Å². The predicted molar refractivity (Wildman–Crippen MR) is 62.9 cm³/mol. The van der Waals surface area contributed by atoms with Gasteiger partial charge in [0.2, 0.25) is 0 Å². The van der Waals surface area contributed by atoms with Gasteiger partial charge in [-0.2, -0.15) is 0 Å². The predicted octanol–water partition coefficient (Wildman–Crippen LogP) is 3.35. The van der Waals surface area contributed by atoms with Gasteiger partial charge in [0.1, 0.15) is 5.82 Å². The van der Waals surface area contributed by atoms with Crippen molar-refractivity contribution in [3.63, 3.8) is 0 Å². The zero-order chi connectivity index (χ0) is 11.2. The monoisotopic (exact) mass is 219 g/mol. The first kappa shape index (κ1) is 10.3. The van der Waals surface area contributed by atoms with Crippen molar-refractivity contribution in [2.75, 3.05) is 0 Å². The van der Waals surface area contributed by atoms with E-state index in [2.05, 4.69) is 12.2 Å². The Balaban J connectivity index is 1.82. The molecular weight excluding hydrogens is 201 g/mol. The molecule has 0 heterocycles. The summed E-state index contributed by atoms with van der Waals surface area (Å²) in [5.41, 5.74) is 2.81. The molecule has 1 fully saturated rings. The molecule has 0 amide bonds. The van der Waals surface area contributed by atoms with Crippen LogP contribution >= 0.6 is 0 Å².